The lowest BCUT2D eigenvalue weighted by atomic mass is 10.1. The highest BCUT2D eigenvalue weighted by molar-refractivity contribution is 7.89. The molecule has 1 aliphatic heterocycles. The Hall–Kier alpha value is -2.42. The molecule has 0 saturated carbocycles. The first-order valence-corrected chi connectivity index (χ1v) is 12.3. The Kier molecular flexibility index (Phi) is 7.92. The van der Waals surface area contributed by atoms with E-state index in [9.17, 15) is 18.0 Å². The quantitative estimate of drug-likeness (QED) is 0.567. The molecule has 0 N–H and O–H groups in total. The van der Waals surface area contributed by atoms with Crippen LogP contribution >= 0.6 is 11.6 Å². The summed E-state index contributed by atoms with van der Waals surface area (Å²) in [6.45, 7) is 2.79. The van der Waals surface area contributed by atoms with Gasteiger partial charge in [0.2, 0.25) is 10.0 Å². The van der Waals surface area contributed by atoms with Gasteiger partial charge in [-0.15, -0.1) is 0 Å². The lowest BCUT2D eigenvalue weighted by molar-refractivity contribution is -0.133. The number of amides is 1. The number of sulfonamides is 1. The van der Waals surface area contributed by atoms with Crippen molar-refractivity contribution >= 4 is 33.5 Å². The van der Waals surface area contributed by atoms with Gasteiger partial charge in [0.05, 0.1) is 15.5 Å². The van der Waals surface area contributed by atoms with Crippen molar-refractivity contribution in [1.29, 1.82) is 0 Å². The van der Waals surface area contributed by atoms with Crippen LogP contribution in [0.1, 0.15) is 40.7 Å². The average Bonchev–Trinajstić information content (AvgIpc) is 2.79. The van der Waals surface area contributed by atoms with Gasteiger partial charge in [-0.1, -0.05) is 47.9 Å². The molecule has 0 spiro atoms. The number of aryl methyl sites for hydroxylation is 1. The number of rotatable bonds is 7. The maximum Gasteiger partial charge on any atom is 0.340 e. The fourth-order valence-electron chi connectivity index (χ4n) is 3.45. The van der Waals surface area contributed by atoms with Crippen LogP contribution in [0.15, 0.2) is 47.4 Å². The predicted molar refractivity (Wildman–Crippen MR) is 122 cm³/mol. The Labute approximate surface area is 194 Å². The lowest BCUT2D eigenvalue weighted by Crippen LogP contribution is -2.35. The summed E-state index contributed by atoms with van der Waals surface area (Å²) < 4.78 is 32.3. The molecule has 0 radical (unpaired) electrons. The molecule has 0 unspecified atom stereocenters. The first-order chi connectivity index (χ1) is 15.2. The fraction of sp³-hybridized carbons (Fsp3) is 0.391. The number of nitrogens with zero attached hydrogens (tertiary/aromatic N) is 2. The SMILES string of the molecule is Cc1ccc(CN(C)C(=O)COC(=O)c2cc(S(=O)(=O)N3CCCCC3)ccc2Cl)cc1. The number of ether oxygens (including phenoxy) is 1. The highest BCUT2D eigenvalue weighted by Gasteiger charge is 2.27. The van der Waals surface area contributed by atoms with Gasteiger partial charge in [0.1, 0.15) is 0 Å². The maximum atomic E-state index is 12.9. The van der Waals surface area contributed by atoms with Gasteiger partial charge in [0.15, 0.2) is 6.61 Å². The van der Waals surface area contributed by atoms with Crippen molar-refractivity contribution in [2.24, 2.45) is 0 Å². The number of esters is 1. The van der Waals surface area contributed by atoms with E-state index < -0.39 is 22.6 Å². The molecule has 9 heteroatoms. The number of benzene rings is 2. The van der Waals surface area contributed by atoms with Crippen LogP contribution in [-0.4, -0.2) is 56.2 Å². The van der Waals surface area contributed by atoms with Gasteiger partial charge >= 0.3 is 5.97 Å². The third-order valence-corrected chi connectivity index (χ3v) is 7.63. The molecule has 172 valence electrons. The fourth-order valence-corrected chi connectivity index (χ4v) is 5.18. The summed E-state index contributed by atoms with van der Waals surface area (Å²) in [6.07, 6.45) is 2.61. The Morgan fingerprint density at radius 3 is 2.38 bits per heavy atom. The minimum atomic E-state index is -3.73. The lowest BCUT2D eigenvalue weighted by Gasteiger charge is -2.26. The summed E-state index contributed by atoms with van der Waals surface area (Å²) in [5, 5.41) is 0.0630. The van der Waals surface area contributed by atoms with Gasteiger partial charge in [0, 0.05) is 26.7 Å². The van der Waals surface area contributed by atoms with Crippen LogP contribution in [-0.2, 0) is 26.1 Å². The van der Waals surface area contributed by atoms with Gasteiger partial charge in [-0.2, -0.15) is 4.31 Å². The number of hydrogen-bond acceptors (Lipinski definition) is 5. The van der Waals surface area contributed by atoms with E-state index in [0.29, 0.717) is 19.6 Å². The molecule has 1 saturated heterocycles. The number of halogens is 1. The summed E-state index contributed by atoms with van der Waals surface area (Å²) >= 11 is 6.12. The van der Waals surface area contributed by atoms with E-state index in [-0.39, 0.29) is 21.4 Å². The monoisotopic (exact) mass is 478 g/mol. The largest absolute Gasteiger partial charge is 0.452 e. The van der Waals surface area contributed by atoms with Gasteiger partial charge < -0.3 is 9.64 Å². The van der Waals surface area contributed by atoms with Crippen LogP contribution in [0.5, 0.6) is 0 Å². The second-order valence-corrected chi connectivity index (χ2v) is 10.3. The zero-order chi connectivity index (χ0) is 23.3. The molecule has 1 amide bonds. The standard InChI is InChI=1S/C23H27ClN2O5S/c1-17-6-8-18(9-7-17)15-25(2)22(27)16-31-23(28)20-14-19(10-11-21(20)24)32(29,30)26-12-4-3-5-13-26/h6-11,14H,3-5,12-13,15-16H2,1-2H3. The summed E-state index contributed by atoms with van der Waals surface area (Å²) in [5.74, 6) is -1.23. The first-order valence-electron chi connectivity index (χ1n) is 10.4. The van der Waals surface area contributed by atoms with Crippen molar-refractivity contribution in [2.75, 3.05) is 26.7 Å². The Bertz CT molecular complexity index is 1080. The third-order valence-electron chi connectivity index (χ3n) is 5.40. The number of piperidine rings is 1. The maximum absolute atomic E-state index is 12.9. The zero-order valence-corrected chi connectivity index (χ0v) is 19.8. The summed E-state index contributed by atoms with van der Waals surface area (Å²) in [6, 6.07) is 11.7. The number of likely N-dealkylation sites (N-methyl/N-ethyl adjacent to an activating group) is 1. The Morgan fingerprint density at radius 1 is 1.06 bits per heavy atom. The molecule has 2 aromatic rings. The molecule has 2 aromatic carbocycles. The molecular weight excluding hydrogens is 452 g/mol. The summed E-state index contributed by atoms with van der Waals surface area (Å²) in [7, 11) is -2.11. The van der Waals surface area contributed by atoms with E-state index in [1.165, 1.54) is 27.4 Å². The van der Waals surface area contributed by atoms with E-state index >= 15 is 0 Å². The second-order valence-electron chi connectivity index (χ2n) is 7.92. The van der Waals surface area contributed by atoms with Crippen LogP contribution in [0.4, 0.5) is 0 Å². The minimum Gasteiger partial charge on any atom is -0.452 e. The molecule has 0 aromatic heterocycles. The van der Waals surface area contributed by atoms with E-state index in [0.717, 1.165) is 30.4 Å². The number of carbonyl (C=O) groups is 2. The molecule has 3 rings (SSSR count). The van der Waals surface area contributed by atoms with Crippen LogP contribution < -0.4 is 0 Å². The Balaban J connectivity index is 1.65. The van der Waals surface area contributed by atoms with Crippen LogP contribution in [0.3, 0.4) is 0 Å². The van der Waals surface area contributed by atoms with E-state index in [1.54, 1.807) is 7.05 Å². The highest BCUT2D eigenvalue weighted by atomic mass is 35.5. The molecule has 7 nitrogen and oxygen atoms in total. The minimum absolute atomic E-state index is 0.0152. The van der Waals surface area contributed by atoms with Crippen molar-refractivity contribution in [3.63, 3.8) is 0 Å². The highest BCUT2D eigenvalue weighted by Crippen LogP contribution is 2.25. The van der Waals surface area contributed by atoms with Crippen LogP contribution in [0.25, 0.3) is 0 Å². The average molecular weight is 479 g/mol. The molecular formula is C23H27ClN2O5S. The smallest absolute Gasteiger partial charge is 0.340 e. The van der Waals surface area contributed by atoms with E-state index in [2.05, 4.69) is 0 Å². The van der Waals surface area contributed by atoms with Crippen LogP contribution in [0, 0.1) is 6.92 Å². The Morgan fingerprint density at radius 2 is 1.72 bits per heavy atom. The molecule has 1 fully saturated rings. The molecule has 0 bridgehead atoms. The molecule has 0 atom stereocenters. The van der Waals surface area contributed by atoms with Crippen molar-refractivity contribution in [1.82, 2.24) is 9.21 Å². The first kappa shape index (κ1) is 24.2. The topological polar surface area (TPSA) is 84.0 Å². The van der Waals surface area contributed by atoms with Gasteiger partial charge in [-0.05, 0) is 43.5 Å². The van der Waals surface area contributed by atoms with Crippen molar-refractivity contribution in [2.45, 2.75) is 37.6 Å². The normalized spacial score (nSPS) is 14.7. The summed E-state index contributed by atoms with van der Waals surface area (Å²) in [5.41, 5.74) is 1.99. The molecule has 0 aliphatic carbocycles. The predicted octanol–water partition coefficient (Wildman–Crippen LogP) is 3.64. The molecule has 1 aliphatic rings. The number of hydrogen-bond donors (Lipinski definition) is 0. The summed E-state index contributed by atoms with van der Waals surface area (Å²) in [4.78, 5) is 26.4. The number of carbonyl (C=O) groups excluding carboxylic acids is 2. The zero-order valence-electron chi connectivity index (χ0n) is 18.2. The van der Waals surface area contributed by atoms with Crippen molar-refractivity contribution in [3.8, 4) is 0 Å². The van der Waals surface area contributed by atoms with Gasteiger partial charge in [0.25, 0.3) is 5.91 Å². The van der Waals surface area contributed by atoms with Crippen molar-refractivity contribution < 1.29 is 22.7 Å². The van der Waals surface area contributed by atoms with Crippen LogP contribution in [0.2, 0.25) is 5.02 Å². The van der Waals surface area contributed by atoms with Gasteiger partial charge in [-0.3, -0.25) is 4.79 Å². The third kappa shape index (κ3) is 5.88. The van der Waals surface area contributed by atoms with Gasteiger partial charge in [-0.25, -0.2) is 13.2 Å². The second kappa shape index (κ2) is 10.5. The molecule has 32 heavy (non-hydrogen) atoms. The molecule has 1 heterocycles. The van der Waals surface area contributed by atoms with E-state index in [4.69, 9.17) is 16.3 Å². The van der Waals surface area contributed by atoms with Crippen molar-refractivity contribution in [3.05, 3.63) is 64.2 Å². The van der Waals surface area contributed by atoms with E-state index in [1.807, 2.05) is 31.2 Å².